The van der Waals surface area contributed by atoms with E-state index in [0.717, 1.165) is 17.7 Å². The smallest absolute Gasteiger partial charge is 0.387 e. The Labute approximate surface area is 149 Å². The van der Waals surface area contributed by atoms with E-state index in [1.165, 1.54) is 35.4 Å². The van der Waals surface area contributed by atoms with Crippen molar-refractivity contribution in [2.24, 2.45) is 0 Å². The van der Waals surface area contributed by atoms with Gasteiger partial charge in [-0.1, -0.05) is 18.2 Å². The van der Waals surface area contributed by atoms with Crippen LogP contribution in [0.1, 0.15) is 24.5 Å². The SMILES string of the molecule is C[C@@H](Sc1ccc2c(c1)CCC2)C(=O)Nc1ccccc1OC(F)F. The Morgan fingerprint density at radius 3 is 2.72 bits per heavy atom. The third-order valence-electron chi connectivity index (χ3n) is 4.11. The van der Waals surface area contributed by atoms with Gasteiger partial charge in [0.2, 0.25) is 5.91 Å². The van der Waals surface area contributed by atoms with Crippen molar-refractivity contribution in [2.45, 2.75) is 42.9 Å². The fourth-order valence-corrected chi connectivity index (χ4v) is 3.81. The van der Waals surface area contributed by atoms with Crippen molar-refractivity contribution in [2.75, 3.05) is 5.32 Å². The molecule has 1 N–H and O–H groups in total. The number of anilines is 1. The maximum absolute atomic E-state index is 12.5. The standard InChI is InChI=1S/C19H19F2NO2S/c1-12(25-15-10-9-13-5-4-6-14(13)11-15)18(23)22-16-7-2-3-8-17(16)24-19(20)21/h2-3,7-12,19H,4-6H2,1H3,(H,22,23)/t12-/m1/s1. The Kier molecular flexibility index (Phi) is 5.58. The Balaban J connectivity index is 1.65. The molecule has 25 heavy (non-hydrogen) atoms. The molecular weight excluding hydrogens is 344 g/mol. The van der Waals surface area contributed by atoms with E-state index in [0.29, 0.717) is 0 Å². The highest BCUT2D eigenvalue weighted by atomic mass is 32.2. The Morgan fingerprint density at radius 1 is 1.16 bits per heavy atom. The number of thioether (sulfide) groups is 1. The molecule has 0 fully saturated rings. The fourth-order valence-electron chi connectivity index (χ4n) is 2.88. The minimum atomic E-state index is -2.93. The lowest BCUT2D eigenvalue weighted by Crippen LogP contribution is -2.23. The van der Waals surface area contributed by atoms with Gasteiger partial charge in [-0.3, -0.25) is 4.79 Å². The van der Waals surface area contributed by atoms with Crippen LogP contribution in [-0.2, 0) is 17.6 Å². The molecule has 0 heterocycles. The second-order valence-corrected chi connectivity index (χ2v) is 7.32. The van der Waals surface area contributed by atoms with E-state index < -0.39 is 6.61 Å². The first-order chi connectivity index (χ1) is 12.0. The van der Waals surface area contributed by atoms with Crippen LogP contribution >= 0.6 is 11.8 Å². The minimum Gasteiger partial charge on any atom is -0.433 e. The van der Waals surface area contributed by atoms with Crippen molar-refractivity contribution in [3.8, 4) is 5.75 Å². The summed E-state index contributed by atoms with van der Waals surface area (Å²) < 4.78 is 29.3. The van der Waals surface area contributed by atoms with Crippen LogP contribution in [0.4, 0.5) is 14.5 Å². The summed E-state index contributed by atoms with van der Waals surface area (Å²) in [6, 6.07) is 12.5. The number of amides is 1. The molecule has 0 saturated carbocycles. The van der Waals surface area contributed by atoms with Crippen molar-refractivity contribution in [3.05, 3.63) is 53.6 Å². The van der Waals surface area contributed by atoms with Gasteiger partial charge in [0, 0.05) is 4.90 Å². The minimum absolute atomic E-state index is 0.0411. The summed E-state index contributed by atoms with van der Waals surface area (Å²) in [5.74, 6) is -0.295. The molecule has 1 atom stereocenters. The van der Waals surface area contributed by atoms with Crippen LogP contribution in [0.15, 0.2) is 47.4 Å². The highest BCUT2D eigenvalue weighted by molar-refractivity contribution is 8.00. The Bertz CT molecular complexity index is 767. The fraction of sp³-hybridized carbons (Fsp3) is 0.316. The molecule has 0 bridgehead atoms. The van der Waals surface area contributed by atoms with E-state index >= 15 is 0 Å². The molecule has 0 spiro atoms. The van der Waals surface area contributed by atoms with E-state index in [1.807, 2.05) is 6.07 Å². The van der Waals surface area contributed by atoms with Crippen molar-refractivity contribution >= 4 is 23.4 Å². The van der Waals surface area contributed by atoms with Gasteiger partial charge in [0.1, 0.15) is 5.75 Å². The van der Waals surface area contributed by atoms with Gasteiger partial charge >= 0.3 is 6.61 Å². The van der Waals surface area contributed by atoms with E-state index in [1.54, 1.807) is 25.1 Å². The molecule has 6 heteroatoms. The zero-order valence-electron chi connectivity index (χ0n) is 13.8. The molecule has 0 aliphatic heterocycles. The largest absolute Gasteiger partial charge is 0.433 e. The molecule has 1 aliphatic rings. The lowest BCUT2D eigenvalue weighted by molar-refractivity contribution is -0.115. The quantitative estimate of drug-likeness (QED) is 0.742. The Hall–Kier alpha value is -2.08. The number of aryl methyl sites for hydroxylation is 2. The number of benzene rings is 2. The van der Waals surface area contributed by atoms with E-state index in [9.17, 15) is 13.6 Å². The van der Waals surface area contributed by atoms with Crippen molar-refractivity contribution < 1.29 is 18.3 Å². The normalized spacial score (nSPS) is 14.2. The molecule has 0 saturated heterocycles. The number of nitrogens with one attached hydrogen (secondary N) is 1. The van der Waals surface area contributed by atoms with E-state index in [-0.39, 0.29) is 22.6 Å². The summed E-state index contributed by atoms with van der Waals surface area (Å²) in [5, 5.41) is 2.31. The third kappa shape index (κ3) is 4.51. The number of carbonyl (C=O) groups is 1. The molecule has 132 valence electrons. The van der Waals surface area contributed by atoms with Gasteiger partial charge in [-0.2, -0.15) is 8.78 Å². The van der Waals surface area contributed by atoms with Gasteiger partial charge < -0.3 is 10.1 Å². The van der Waals surface area contributed by atoms with E-state index in [4.69, 9.17) is 0 Å². The van der Waals surface area contributed by atoms with Gasteiger partial charge in [-0.05, 0) is 61.6 Å². The second kappa shape index (κ2) is 7.87. The molecule has 1 aliphatic carbocycles. The van der Waals surface area contributed by atoms with Gasteiger partial charge in [0.05, 0.1) is 10.9 Å². The summed E-state index contributed by atoms with van der Waals surface area (Å²) in [5.41, 5.74) is 2.99. The molecule has 3 rings (SSSR count). The number of fused-ring (bicyclic) bond motifs is 1. The average molecular weight is 363 g/mol. The van der Waals surface area contributed by atoms with Crippen LogP contribution in [0.25, 0.3) is 0 Å². The monoisotopic (exact) mass is 363 g/mol. The highest BCUT2D eigenvalue weighted by Gasteiger charge is 2.19. The number of carbonyl (C=O) groups excluding carboxylic acids is 1. The Morgan fingerprint density at radius 2 is 1.92 bits per heavy atom. The van der Waals surface area contributed by atoms with Crippen molar-refractivity contribution in [1.82, 2.24) is 0 Å². The van der Waals surface area contributed by atoms with Crippen LogP contribution in [0.2, 0.25) is 0 Å². The number of rotatable bonds is 6. The van der Waals surface area contributed by atoms with Crippen LogP contribution in [0, 0.1) is 0 Å². The first-order valence-electron chi connectivity index (χ1n) is 8.16. The maximum Gasteiger partial charge on any atom is 0.387 e. The number of halogens is 2. The topological polar surface area (TPSA) is 38.3 Å². The second-order valence-electron chi connectivity index (χ2n) is 5.91. The van der Waals surface area contributed by atoms with Crippen molar-refractivity contribution in [3.63, 3.8) is 0 Å². The highest BCUT2D eigenvalue weighted by Crippen LogP contribution is 2.31. The molecule has 3 nitrogen and oxygen atoms in total. The third-order valence-corrected chi connectivity index (χ3v) is 5.21. The summed E-state index contributed by atoms with van der Waals surface area (Å²) in [6.45, 7) is -1.14. The average Bonchev–Trinajstić information content (AvgIpc) is 3.03. The van der Waals surface area contributed by atoms with Crippen LogP contribution < -0.4 is 10.1 Å². The molecule has 0 unspecified atom stereocenters. The molecule has 2 aromatic carbocycles. The maximum atomic E-state index is 12.5. The number of hydrogen-bond donors (Lipinski definition) is 1. The van der Waals surface area contributed by atoms with Gasteiger partial charge in [-0.15, -0.1) is 11.8 Å². The first-order valence-corrected chi connectivity index (χ1v) is 9.04. The summed E-state index contributed by atoms with van der Waals surface area (Å²) in [6.07, 6.45) is 3.39. The number of hydrogen-bond acceptors (Lipinski definition) is 3. The first kappa shape index (κ1) is 17.7. The van der Waals surface area contributed by atoms with Crippen LogP contribution in [-0.4, -0.2) is 17.8 Å². The zero-order chi connectivity index (χ0) is 17.8. The molecule has 0 radical (unpaired) electrons. The number of para-hydroxylation sites is 2. The molecule has 1 amide bonds. The lowest BCUT2D eigenvalue weighted by atomic mass is 10.1. The van der Waals surface area contributed by atoms with Crippen LogP contribution in [0.3, 0.4) is 0 Å². The molecule has 0 aromatic heterocycles. The van der Waals surface area contributed by atoms with Crippen molar-refractivity contribution in [1.29, 1.82) is 0 Å². The number of ether oxygens (including phenoxy) is 1. The summed E-state index contributed by atoms with van der Waals surface area (Å²) >= 11 is 1.46. The molecule has 2 aromatic rings. The lowest BCUT2D eigenvalue weighted by Gasteiger charge is -2.15. The van der Waals surface area contributed by atoms with Gasteiger partial charge in [-0.25, -0.2) is 0 Å². The predicted octanol–water partition coefficient (Wildman–Crippen LogP) is 4.90. The van der Waals surface area contributed by atoms with Gasteiger partial charge in [0.15, 0.2) is 0 Å². The predicted molar refractivity (Wildman–Crippen MR) is 95.5 cm³/mol. The van der Waals surface area contributed by atoms with Crippen LogP contribution in [0.5, 0.6) is 5.75 Å². The molecular formula is C19H19F2NO2S. The van der Waals surface area contributed by atoms with E-state index in [2.05, 4.69) is 22.2 Å². The zero-order valence-corrected chi connectivity index (χ0v) is 14.6. The summed E-state index contributed by atoms with van der Waals surface area (Å²) in [4.78, 5) is 13.5. The van der Waals surface area contributed by atoms with Gasteiger partial charge in [0.25, 0.3) is 0 Å². The number of alkyl halides is 2. The summed E-state index contributed by atoms with van der Waals surface area (Å²) in [7, 11) is 0.